The van der Waals surface area contributed by atoms with Gasteiger partial charge in [0.1, 0.15) is 5.69 Å². The largest absolute Gasteiger partial charge is 0.461 e. The number of carbonyl (C=O) groups is 2. The van der Waals surface area contributed by atoms with Crippen LogP contribution >= 0.6 is 0 Å². The number of fused-ring (bicyclic) bond motifs is 1. The minimum Gasteiger partial charge on any atom is -0.461 e. The Labute approximate surface area is 158 Å². The van der Waals surface area contributed by atoms with Crippen molar-refractivity contribution in [3.8, 4) is 11.1 Å². The van der Waals surface area contributed by atoms with Crippen LogP contribution in [0.25, 0.3) is 11.1 Å². The molecule has 3 aromatic rings. The molecular formula is C23H21NO3. The van der Waals surface area contributed by atoms with E-state index in [4.69, 9.17) is 4.74 Å². The number of esters is 1. The molecule has 4 nitrogen and oxygen atoms in total. The Morgan fingerprint density at radius 2 is 1.67 bits per heavy atom. The van der Waals surface area contributed by atoms with Crippen LogP contribution in [0.3, 0.4) is 0 Å². The summed E-state index contributed by atoms with van der Waals surface area (Å²) in [6.45, 7) is 2.07. The summed E-state index contributed by atoms with van der Waals surface area (Å²) in [6.07, 6.45) is 1.14. The van der Waals surface area contributed by atoms with Gasteiger partial charge in [0, 0.05) is 23.2 Å². The molecule has 1 heterocycles. The van der Waals surface area contributed by atoms with Gasteiger partial charge >= 0.3 is 5.97 Å². The van der Waals surface area contributed by atoms with Crippen molar-refractivity contribution < 1.29 is 14.3 Å². The molecule has 0 saturated carbocycles. The maximum atomic E-state index is 13.1. The third-order valence-electron chi connectivity index (χ3n) is 5.05. The van der Waals surface area contributed by atoms with E-state index in [1.165, 1.54) is 0 Å². The summed E-state index contributed by atoms with van der Waals surface area (Å²) in [5.41, 5.74) is 4.49. The monoisotopic (exact) mass is 359 g/mol. The number of nitrogens with one attached hydrogen (secondary N) is 1. The fraction of sp³-hybridized carbons (Fsp3) is 0.217. The molecule has 4 heteroatoms. The zero-order valence-corrected chi connectivity index (χ0v) is 15.2. The first-order chi connectivity index (χ1) is 13.2. The maximum Gasteiger partial charge on any atom is 0.355 e. The molecule has 1 aliphatic carbocycles. The van der Waals surface area contributed by atoms with Crippen LogP contribution in [0.4, 0.5) is 0 Å². The number of aromatic amines is 1. The third-order valence-corrected chi connectivity index (χ3v) is 5.05. The summed E-state index contributed by atoms with van der Waals surface area (Å²) in [7, 11) is 0. The molecule has 27 heavy (non-hydrogen) atoms. The van der Waals surface area contributed by atoms with Crippen LogP contribution in [0.2, 0.25) is 0 Å². The lowest BCUT2D eigenvalue weighted by molar-refractivity contribution is 0.0521. The average Bonchev–Trinajstić information content (AvgIpc) is 3.10. The van der Waals surface area contributed by atoms with Crippen molar-refractivity contribution in [2.45, 2.75) is 25.7 Å². The quantitative estimate of drug-likeness (QED) is 0.683. The molecule has 1 aromatic heterocycles. The Balaban J connectivity index is 1.83. The number of rotatable bonds is 4. The predicted octanol–water partition coefficient (Wildman–Crippen LogP) is 4.77. The van der Waals surface area contributed by atoms with Gasteiger partial charge in [-0.15, -0.1) is 0 Å². The molecule has 0 aliphatic heterocycles. The topological polar surface area (TPSA) is 59.2 Å². The van der Waals surface area contributed by atoms with Crippen LogP contribution in [0.5, 0.6) is 0 Å². The van der Waals surface area contributed by atoms with Gasteiger partial charge in [-0.05, 0) is 30.4 Å². The lowest BCUT2D eigenvalue weighted by Crippen LogP contribution is -2.18. The maximum absolute atomic E-state index is 13.1. The lowest BCUT2D eigenvalue weighted by atomic mass is 9.80. The third kappa shape index (κ3) is 3.19. The van der Waals surface area contributed by atoms with E-state index in [-0.39, 0.29) is 18.3 Å². The van der Waals surface area contributed by atoms with E-state index in [2.05, 4.69) is 17.1 Å². The van der Waals surface area contributed by atoms with Crippen molar-refractivity contribution in [3.05, 3.63) is 83.2 Å². The van der Waals surface area contributed by atoms with Crippen LogP contribution in [0, 0.1) is 0 Å². The normalized spacial score (nSPS) is 16.0. The number of Topliss-reactive ketones (excluding diaryl/α,β-unsaturated/α-hetero) is 1. The Bertz CT molecular complexity index is 974. The van der Waals surface area contributed by atoms with Gasteiger partial charge in [0.15, 0.2) is 5.78 Å². The van der Waals surface area contributed by atoms with E-state index in [1.807, 2.05) is 48.5 Å². The highest BCUT2D eigenvalue weighted by molar-refractivity contribution is 6.10. The van der Waals surface area contributed by atoms with E-state index < -0.39 is 5.97 Å². The van der Waals surface area contributed by atoms with E-state index in [1.54, 1.807) is 6.92 Å². The number of benzene rings is 2. The Kier molecular flexibility index (Phi) is 4.63. The number of ether oxygens (including phenoxy) is 1. The molecule has 0 spiro atoms. The standard InChI is InChI=1S/C23H21NO3/c1-2-27-23(26)22-20(16-11-7-4-8-12-16)21-18(24-22)13-17(14-19(21)25)15-9-5-3-6-10-15/h3-12,17,24H,2,13-14H2,1H3/t17-/m0/s1. The summed E-state index contributed by atoms with van der Waals surface area (Å²) in [5, 5.41) is 0. The Hall–Kier alpha value is -3.14. The van der Waals surface area contributed by atoms with Crippen molar-refractivity contribution in [1.29, 1.82) is 0 Å². The average molecular weight is 359 g/mol. The van der Waals surface area contributed by atoms with Crippen LogP contribution < -0.4 is 0 Å². The second-order valence-electron chi connectivity index (χ2n) is 6.75. The van der Waals surface area contributed by atoms with Crippen molar-refractivity contribution >= 4 is 11.8 Å². The molecule has 2 aromatic carbocycles. The molecular weight excluding hydrogens is 338 g/mol. The van der Waals surface area contributed by atoms with E-state index in [0.717, 1.165) is 16.8 Å². The van der Waals surface area contributed by atoms with Crippen LogP contribution in [-0.4, -0.2) is 23.3 Å². The van der Waals surface area contributed by atoms with E-state index >= 15 is 0 Å². The Morgan fingerprint density at radius 3 is 2.33 bits per heavy atom. The van der Waals surface area contributed by atoms with Gasteiger partial charge in [0.25, 0.3) is 0 Å². The highest BCUT2D eigenvalue weighted by Crippen LogP contribution is 2.39. The smallest absolute Gasteiger partial charge is 0.355 e. The minimum absolute atomic E-state index is 0.0655. The molecule has 0 amide bonds. The zero-order valence-electron chi connectivity index (χ0n) is 15.2. The number of ketones is 1. The summed E-state index contributed by atoms with van der Waals surface area (Å²) < 4.78 is 5.23. The lowest BCUT2D eigenvalue weighted by Gasteiger charge is -2.22. The second-order valence-corrected chi connectivity index (χ2v) is 6.75. The number of aromatic nitrogens is 1. The van der Waals surface area contributed by atoms with Crippen molar-refractivity contribution in [2.24, 2.45) is 0 Å². The number of hydrogen-bond acceptors (Lipinski definition) is 3. The van der Waals surface area contributed by atoms with Gasteiger partial charge in [-0.2, -0.15) is 0 Å². The second kappa shape index (κ2) is 7.23. The van der Waals surface area contributed by atoms with Crippen LogP contribution in [-0.2, 0) is 11.2 Å². The molecule has 0 bridgehead atoms. The molecule has 1 atom stereocenters. The molecule has 1 aliphatic rings. The highest BCUT2D eigenvalue weighted by atomic mass is 16.5. The molecule has 136 valence electrons. The van der Waals surface area contributed by atoms with Gasteiger partial charge < -0.3 is 9.72 Å². The van der Waals surface area contributed by atoms with E-state index in [0.29, 0.717) is 29.7 Å². The fourth-order valence-corrected chi connectivity index (χ4v) is 3.87. The first kappa shape index (κ1) is 17.3. The molecule has 0 saturated heterocycles. The van der Waals surface area contributed by atoms with Crippen molar-refractivity contribution in [2.75, 3.05) is 6.61 Å². The summed E-state index contributed by atoms with van der Waals surface area (Å²) >= 11 is 0. The summed E-state index contributed by atoms with van der Waals surface area (Å²) in [6, 6.07) is 19.6. The van der Waals surface area contributed by atoms with Gasteiger partial charge in [0.2, 0.25) is 0 Å². The van der Waals surface area contributed by atoms with Gasteiger partial charge in [-0.1, -0.05) is 60.7 Å². The van der Waals surface area contributed by atoms with Crippen molar-refractivity contribution in [1.82, 2.24) is 4.98 Å². The predicted molar refractivity (Wildman–Crippen MR) is 104 cm³/mol. The SMILES string of the molecule is CCOC(=O)c1[nH]c2c(c1-c1ccccc1)C(=O)C[C@@H](c1ccccc1)C2. The van der Waals surface area contributed by atoms with Gasteiger partial charge in [-0.25, -0.2) is 4.79 Å². The molecule has 0 fully saturated rings. The molecule has 0 radical (unpaired) electrons. The fourth-order valence-electron chi connectivity index (χ4n) is 3.87. The van der Waals surface area contributed by atoms with Crippen LogP contribution in [0.1, 0.15) is 51.4 Å². The van der Waals surface area contributed by atoms with Gasteiger partial charge in [0.05, 0.1) is 6.61 Å². The van der Waals surface area contributed by atoms with E-state index in [9.17, 15) is 9.59 Å². The zero-order chi connectivity index (χ0) is 18.8. The number of hydrogen-bond donors (Lipinski definition) is 1. The Morgan fingerprint density at radius 1 is 1.00 bits per heavy atom. The molecule has 1 N–H and O–H groups in total. The van der Waals surface area contributed by atoms with Gasteiger partial charge in [-0.3, -0.25) is 4.79 Å². The molecule has 4 rings (SSSR count). The minimum atomic E-state index is -0.421. The highest BCUT2D eigenvalue weighted by Gasteiger charge is 2.34. The first-order valence-corrected chi connectivity index (χ1v) is 9.24. The number of carbonyl (C=O) groups excluding carboxylic acids is 2. The molecule has 0 unspecified atom stereocenters. The number of H-pyrrole nitrogens is 1. The summed E-state index contributed by atoms with van der Waals surface area (Å²) in [4.78, 5) is 28.9. The van der Waals surface area contributed by atoms with Crippen molar-refractivity contribution in [3.63, 3.8) is 0 Å². The summed E-state index contributed by atoms with van der Waals surface area (Å²) in [5.74, 6) is -0.242. The first-order valence-electron chi connectivity index (χ1n) is 9.24. The van der Waals surface area contributed by atoms with Crippen LogP contribution in [0.15, 0.2) is 60.7 Å².